The number of hydrogen-bond acceptors (Lipinski definition) is 0. The number of hydrogen-bond donors (Lipinski definition) is 0. The Morgan fingerprint density at radius 1 is 0.846 bits per heavy atom. The van der Waals surface area contributed by atoms with Gasteiger partial charge < -0.3 is 13.4 Å². The average Bonchev–Trinajstić information content (AvgIpc) is 2.76. The van der Waals surface area contributed by atoms with E-state index >= 15 is 0 Å². The summed E-state index contributed by atoms with van der Waals surface area (Å²) in [4.78, 5) is 0. The third kappa shape index (κ3) is 1.52. The van der Waals surface area contributed by atoms with Gasteiger partial charge in [0, 0.05) is 24.8 Å². The molecule has 4 heteroatoms. The summed E-state index contributed by atoms with van der Waals surface area (Å²) in [5.41, 5.74) is 0. The van der Waals surface area contributed by atoms with Crippen LogP contribution in [0.15, 0.2) is 49.1 Å². The van der Waals surface area contributed by atoms with E-state index in [4.69, 9.17) is 0 Å². The Morgan fingerprint density at radius 2 is 1.23 bits per heavy atom. The number of aromatic nitrogens is 2. The maximum absolute atomic E-state index is 12.7. The zero-order chi connectivity index (χ0) is 9.10. The highest BCUT2D eigenvalue weighted by atomic mass is 19.1. The van der Waals surface area contributed by atoms with E-state index in [0.717, 1.165) is 0 Å². The lowest BCUT2D eigenvalue weighted by Gasteiger charge is -2.16. The Kier molecular flexibility index (Phi) is 2.21. The fourth-order valence-corrected chi connectivity index (χ4v) is 1.41. The monoisotopic (exact) mass is 176 g/mol. The fourth-order valence-electron chi connectivity index (χ4n) is 1.41. The van der Waals surface area contributed by atoms with Crippen molar-refractivity contribution in [3.8, 4) is 0 Å². The standard InChI is InChI=1S/C9H10BFN2/c11-10-9(12-5-1-2-6-12)13-7-3-4-8-13/h1-10H. The molecule has 13 heavy (non-hydrogen) atoms. The van der Waals surface area contributed by atoms with E-state index in [0.29, 0.717) is 0 Å². The molecule has 0 aliphatic carbocycles. The summed E-state index contributed by atoms with van der Waals surface area (Å²) in [6, 6.07) is 7.33. The smallest absolute Gasteiger partial charge is 0.337 e. The van der Waals surface area contributed by atoms with Crippen molar-refractivity contribution in [3.05, 3.63) is 49.1 Å². The summed E-state index contributed by atoms with van der Waals surface area (Å²) >= 11 is 0. The second kappa shape index (κ2) is 3.52. The molecule has 0 aliphatic heterocycles. The molecule has 0 aromatic carbocycles. The summed E-state index contributed by atoms with van der Waals surface area (Å²) in [5.74, 6) is 0. The Labute approximate surface area is 76.9 Å². The number of halogens is 1. The average molecular weight is 176 g/mol. The molecule has 2 nitrogen and oxygen atoms in total. The van der Waals surface area contributed by atoms with Gasteiger partial charge in [-0.25, -0.2) is 0 Å². The lowest BCUT2D eigenvalue weighted by molar-refractivity contribution is 0.547. The van der Waals surface area contributed by atoms with Gasteiger partial charge in [0.05, 0.1) is 0 Å². The molecule has 2 aromatic heterocycles. The highest BCUT2D eigenvalue weighted by molar-refractivity contribution is 6.27. The van der Waals surface area contributed by atoms with Crippen molar-refractivity contribution in [2.24, 2.45) is 0 Å². The third-order valence-electron chi connectivity index (χ3n) is 2.08. The highest BCUT2D eigenvalue weighted by Crippen LogP contribution is 2.09. The summed E-state index contributed by atoms with van der Waals surface area (Å²) in [7, 11) is -0.399. The molecule has 0 spiro atoms. The van der Waals surface area contributed by atoms with Gasteiger partial charge >= 0.3 is 7.56 Å². The molecule has 66 valence electrons. The predicted molar refractivity (Wildman–Crippen MR) is 51.6 cm³/mol. The van der Waals surface area contributed by atoms with E-state index in [2.05, 4.69) is 0 Å². The minimum Gasteiger partial charge on any atom is -0.337 e. The van der Waals surface area contributed by atoms with Crippen LogP contribution in [0.2, 0.25) is 0 Å². The normalized spacial score (nSPS) is 10.6. The Morgan fingerprint density at radius 3 is 1.54 bits per heavy atom. The Balaban J connectivity index is 2.29. The van der Waals surface area contributed by atoms with Crippen molar-refractivity contribution in [2.45, 2.75) is 6.07 Å². The SMILES string of the molecule is FBC(n1cccc1)n1cccc1. The lowest BCUT2D eigenvalue weighted by atomic mass is 9.99. The van der Waals surface area contributed by atoms with E-state index in [9.17, 15) is 4.32 Å². The van der Waals surface area contributed by atoms with Crippen LogP contribution in [0.5, 0.6) is 0 Å². The topological polar surface area (TPSA) is 9.86 Å². The van der Waals surface area contributed by atoms with Crippen molar-refractivity contribution in [1.82, 2.24) is 9.13 Å². The van der Waals surface area contributed by atoms with Crippen LogP contribution in [0.1, 0.15) is 6.07 Å². The molecule has 2 heterocycles. The van der Waals surface area contributed by atoms with Crippen molar-refractivity contribution in [2.75, 3.05) is 0 Å². The maximum Gasteiger partial charge on any atom is 0.377 e. The van der Waals surface area contributed by atoms with Crippen LogP contribution < -0.4 is 0 Å². The summed E-state index contributed by atoms with van der Waals surface area (Å²) < 4.78 is 16.4. The van der Waals surface area contributed by atoms with Crippen molar-refractivity contribution < 1.29 is 4.32 Å². The van der Waals surface area contributed by atoms with Crippen molar-refractivity contribution in [3.63, 3.8) is 0 Å². The zero-order valence-electron chi connectivity index (χ0n) is 7.18. The van der Waals surface area contributed by atoms with Crippen LogP contribution in [-0.2, 0) is 0 Å². The molecule has 2 aromatic rings. The summed E-state index contributed by atoms with van der Waals surface area (Å²) in [6.07, 6.45) is 7.46. The molecule has 0 N–H and O–H groups in total. The predicted octanol–water partition coefficient (Wildman–Crippen LogP) is 1.61. The molecule has 0 bridgehead atoms. The second-order valence-electron chi connectivity index (χ2n) is 2.90. The molecule has 0 fully saturated rings. The first-order valence-electron chi connectivity index (χ1n) is 4.22. The Bertz CT molecular complexity index is 307. The molecular formula is C9H10BFN2. The van der Waals surface area contributed by atoms with Crippen LogP contribution in [-0.4, -0.2) is 16.7 Å². The fraction of sp³-hybridized carbons (Fsp3) is 0.111. The van der Waals surface area contributed by atoms with Crippen molar-refractivity contribution in [1.29, 1.82) is 0 Å². The first-order valence-corrected chi connectivity index (χ1v) is 4.22. The maximum atomic E-state index is 12.7. The minimum atomic E-state index is -0.399. The minimum absolute atomic E-state index is 0.245. The van der Waals surface area contributed by atoms with Gasteiger partial charge in [-0.3, -0.25) is 0 Å². The third-order valence-corrected chi connectivity index (χ3v) is 2.08. The van der Waals surface area contributed by atoms with Crippen LogP contribution >= 0.6 is 0 Å². The molecule has 0 saturated carbocycles. The van der Waals surface area contributed by atoms with Gasteiger partial charge in [-0.1, -0.05) is 0 Å². The molecule has 2 rings (SSSR count). The van der Waals surface area contributed by atoms with Gasteiger partial charge in [0.25, 0.3) is 0 Å². The van der Waals surface area contributed by atoms with E-state index in [1.54, 1.807) is 0 Å². The second-order valence-corrected chi connectivity index (χ2v) is 2.90. The van der Waals surface area contributed by atoms with Gasteiger partial charge in [-0.15, -0.1) is 0 Å². The van der Waals surface area contributed by atoms with E-state index in [-0.39, 0.29) is 6.07 Å². The van der Waals surface area contributed by atoms with Crippen LogP contribution in [0, 0.1) is 0 Å². The van der Waals surface area contributed by atoms with Gasteiger partial charge in [0.2, 0.25) is 0 Å². The van der Waals surface area contributed by atoms with Crippen LogP contribution in [0.3, 0.4) is 0 Å². The lowest BCUT2D eigenvalue weighted by Crippen LogP contribution is -2.19. The molecule has 0 saturated heterocycles. The van der Waals surface area contributed by atoms with Crippen molar-refractivity contribution >= 4 is 7.56 Å². The largest absolute Gasteiger partial charge is 0.377 e. The van der Waals surface area contributed by atoms with Gasteiger partial charge in [0.1, 0.15) is 6.07 Å². The summed E-state index contributed by atoms with van der Waals surface area (Å²) in [6.45, 7) is 0. The highest BCUT2D eigenvalue weighted by Gasteiger charge is 2.11. The van der Waals surface area contributed by atoms with Gasteiger partial charge in [-0.05, 0) is 24.3 Å². The van der Waals surface area contributed by atoms with E-state index < -0.39 is 7.56 Å². The first-order chi connectivity index (χ1) is 6.42. The van der Waals surface area contributed by atoms with E-state index in [1.165, 1.54) is 0 Å². The zero-order valence-corrected chi connectivity index (χ0v) is 7.18. The molecule has 0 aliphatic rings. The first kappa shape index (κ1) is 8.17. The van der Waals surface area contributed by atoms with Crippen LogP contribution in [0.4, 0.5) is 4.32 Å². The van der Waals surface area contributed by atoms with Gasteiger partial charge in [0.15, 0.2) is 0 Å². The van der Waals surface area contributed by atoms with Crippen LogP contribution in [0.25, 0.3) is 0 Å². The quantitative estimate of drug-likeness (QED) is 0.628. The Hall–Kier alpha value is -1.45. The molecule has 0 atom stereocenters. The van der Waals surface area contributed by atoms with Gasteiger partial charge in [-0.2, -0.15) is 0 Å². The molecule has 0 amide bonds. The number of rotatable bonds is 3. The number of nitrogens with zero attached hydrogens (tertiary/aromatic N) is 2. The molecule has 0 radical (unpaired) electrons. The van der Waals surface area contributed by atoms with E-state index in [1.807, 2.05) is 58.2 Å². The molecule has 0 unspecified atom stereocenters. The summed E-state index contributed by atoms with van der Waals surface area (Å²) in [5, 5.41) is 0. The molecular weight excluding hydrogens is 166 g/mol.